The predicted molar refractivity (Wildman–Crippen MR) is 76.0 cm³/mol. The highest BCUT2D eigenvalue weighted by molar-refractivity contribution is 5.72. The topological polar surface area (TPSA) is 47.6 Å². The first-order chi connectivity index (χ1) is 9.13. The highest BCUT2D eigenvalue weighted by Crippen LogP contribution is 2.25. The fraction of sp³-hybridized carbons (Fsp3) is 0.800. The van der Waals surface area contributed by atoms with Crippen LogP contribution in [0, 0.1) is 5.92 Å². The molecule has 0 saturated heterocycles. The van der Waals surface area contributed by atoms with Crippen molar-refractivity contribution in [3.8, 4) is 0 Å². The predicted octanol–water partition coefficient (Wildman–Crippen LogP) is 2.29. The first-order valence-electron chi connectivity index (χ1n) is 7.25. The van der Waals surface area contributed by atoms with Crippen LogP contribution >= 0.6 is 0 Å². The number of rotatable bonds is 8. The van der Waals surface area contributed by atoms with Crippen molar-refractivity contribution >= 4 is 5.97 Å². The van der Waals surface area contributed by atoms with E-state index >= 15 is 0 Å². The van der Waals surface area contributed by atoms with Gasteiger partial charge in [-0.2, -0.15) is 0 Å². The van der Waals surface area contributed by atoms with Gasteiger partial charge in [0.15, 0.2) is 0 Å². The number of carbonyl (C=O) groups is 1. The summed E-state index contributed by atoms with van der Waals surface area (Å²) in [5, 5.41) is 3.46. The summed E-state index contributed by atoms with van der Waals surface area (Å²) in [6, 6.07) is 0.414. The van der Waals surface area contributed by atoms with Gasteiger partial charge in [-0.25, -0.2) is 0 Å². The Labute approximate surface area is 116 Å². The Balaban J connectivity index is 2.16. The van der Waals surface area contributed by atoms with Crippen LogP contribution in [0.15, 0.2) is 12.2 Å². The van der Waals surface area contributed by atoms with Crippen molar-refractivity contribution < 1.29 is 14.3 Å². The Morgan fingerprint density at radius 1 is 1.42 bits per heavy atom. The smallest absolute Gasteiger partial charge is 0.308 e. The molecule has 0 heterocycles. The van der Waals surface area contributed by atoms with E-state index in [2.05, 4.69) is 11.9 Å². The molecule has 19 heavy (non-hydrogen) atoms. The normalized spacial score (nSPS) is 23.1. The maximum atomic E-state index is 11.7. The van der Waals surface area contributed by atoms with Crippen LogP contribution in [0.3, 0.4) is 0 Å². The van der Waals surface area contributed by atoms with E-state index in [9.17, 15) is 4.79 Å². The van der Waals surface area contributed by atoms with E-state index in [1.807, 2.05) is 13.8 Å². The number of carbonyl (C=O) groups excluding carboxylic acids is 1. The third-order valence-corrected chi connectivity index (χ3v) is 3.32. The molecule has 0 aromatic rings. The van der Waals surface area contributed by atoms with Gasteiger partial charge in [-0.1, -0.05) is 18.6 Å². The van der Waals surface area contributed by atoms with Gasteiger partial charge >= 0.3 is 5.97 Å². The maximum Gasteiger partial charge on any atom is 0.308 e. The molecule has 1 aliphatic rings. The standard InChI is InChI=1S/C15H27NO3/c1-4-19-15(17)13-6-5-7-14(10-13)16-8-9-18-11-12(2)3/h13-14,16H,2,4-11H2,1,3H3. The van der Waals surface area contributed by atoms with Crippen LogP contribution in [0.1, 0.15) is 39.5 Å². The average Bonchev–Trinajstić information content (AvgIpc) is 2.38. The molecule has 0 bridgehead atoms. The highest BCUT2D eigenvalue weighted by atomic mass is 16.5. The van der Waals surface area contributed by atoms with Crippen molar-refractivity contribution in [2.75, 3.05) is 26.4 Å². The fourth-order valence-corrected chi connectivity index (χ4v) is 2.43. The van der Waals surface area contributed by atoms with Gasteiger partial charge in [0.2, 0.25) is 0 Å². The molecule has 0 aliphatic heterocycles. The summed E-state index contributed by atoms with van der Waals surface area (Å²) >= 11 is 0. The third kappa shape index (κ3) is 6.73. The van der Waals surface area contributed by atoms with Crippen molar-refractivity contribution in [1.29, 1.82) is 0 Å². The summed E-state index contributed by atoms with van der Waals surface area (Å²) in [4.78, 5) is 11.7. The lowest BCUT2D eigenvalue weighted by atomic mass is 9.86. The first kappa shape index (κ1) is 16.2. The molecule has 110 valence electrons. The zero-order chi connectivity index (χ0) is 14.1. The summed E-state index contributed by atoms with van der Waals surface area (Å²) in [5.74, 6) is 0.0371. The molecule has 2 unspecified atom stereocenters. The number of esters is 1. The Hall–Kier alpha value is -0.870. The lowest BCUT2D eigenvalue weighted by Crippen LogP contribution is -2.38. The van der Waals surface area contributed by atoms with Crippen molar-refractivity contribution in [1.82, 2.24) is 5.32 Å². The van der Waals surface area contributed by atoms with Crippen LogP contribution in [0.5, 0.6) is 0 Å². The van der Waals surface area contributed by atoms with Crippen LogP contribution in [-0.4, -0.2) is 38.4 Å². The Morgan fingerprint density at radius 2 is 2.21 bits per heavy atom. The maximum absolute atomic E-state index is 11.7. The van der Waals surface area contributed by atoms with Crippen LogP contribution in [0.25, 0.3) is 0 Å². The Kier molecular flexibility index (Phi) is 7.75. The van der Waals surface area contributed by atoms with Crippen LogP contribution in [0.2, 0.25) is 0 Å². The fourth-order valence-electron chi connectivity index (χ4n) is 2.43. The summed E-state index contributed by atoms with van der Waals surface area (Å²) in [6.45, 7) is 10.2. The van der Waals surface area contributed by atoms with Crippen LogP contribution < -0.4 is 5.32 Å². The molecule has 0 aromatic carbocycles. The van der Waals surface area contributed by atoms with Gasteiger partial charge in [0.25, 0.3) is 0 Å². The molecule has 0 spiro atoms. The van der Waals surface area contributed by atoms with Gasteiger partial charge in [0.1, 0.15) is 0 Å². The van der Waals surface area contributed by atoms with E-state index in [1.165, 1.54) is 0 Å². The quantitative estimate of drug-likeness (QED) is 0.417. The van der Waals surface area contributed by atoms with Gasteiger partial charge in [0, 0.05) is 12.6 Å². The zero-order valence-electron chi connectivity index (χ0n) is 12.2. The van der Waals surface area contributed by atoms with Gasteiger partial charge < -0.3 is 14.8 Å². The lowest BCUT2D eigenvalue weighted by molar-refractivity contribution is -0.149. The molecule has 0 amide bonds. The second-order valence-electron chi connectivity index (χ2n) is 5.28. The molecular formula is C15H27NO3. The van der Waals surface area contributed by atoms with Gasteiger partial charge in [0.05, 0.1) is 25.7 Å². The van der Waals surface area contributed by atoms with E-state index in [4.69, 9.17) is 9.47 Å². The molecule has 4 nitrogen and oxygen atoms in total. The summed E-state index contributed by atoms with van der Waals surface area (Å²) < 4.78 is 10.5. The Bertz CT molecular complexity index is 291. The lowest BCUT2D eigenvalue weighted by Gasteiger charge is -2.28. The van der Waals surface area contributed by atoms with Gasteiger partial charge in [-0.05, 0) is 33.1 Å². The van der Waals surface area contributed by atoms with Gasteiger partial charge in [-0.3, -0.25) is 4.79 Å². The minimum Gasteiger partial charge on any atom is -0.466 e. The molecule has 1 saturated carbocycles. The first-order valence-corrected chi connectivity index (χ1v) is 7.25. The highest BCUT2D eigenvalue weighted by Gasteiger charge is 2.27. The molecule has 2 atom stereocenters. The van der Waals surface area contributed by atoms with Gasteiger partial charge in [-0.15, -0.1) is 0 Å². The Morgan fingerprint density at radius 3 is 2.89 bits per heavy atom. The number of ether oxygens (including phenoxy) is 2. The third-order valence-electron chi connectivity index (χ3n) is 3.32. The summed E-state index contributed by atoms with van der Waals surface area (Å²) in [5.41, 5.74) is 1.04. The van der Waals surface area contributed by atoms with E-state index < -0.39 is 0 Å². The van der Waals surface area contributed by atoms with Crippen molar-refractivity contribution in [3.05, 3.63) is 12.2 Å². The number of hydrogen-bond donors (Lipinski definition) is 1. The molecule has 1 N–H and O–H groups in total. The molecule has 1 aliphatic carbocycles. The van der Waals surface area contributed by atoms with Crippen molar-refractivity contribution in [2.24, 2.45) is 5.92 Å². The molecule has 0 aromatic heterocycles. The monoisotopic (exact) mass is 269 g/mol. The summed E-state index contributed by atoms with van der Waals surface area (Å²) in [6.07, 6.45) is 4.08. The van der Waals surface area contributed by atoms with E-state index in [0.717, 1.165) is 37.8 Å². The molecule has 1 rings (SSSR count). The van der Waals surface area contributed by atoms with E-state index in [-0.39, 0.29) is 11.9 Å². The molecule has 4 heteroatoms. The SMILES string of the molecule is C=C(C)COCCNC1CCCC(C(=O)OCC)C1. The summed E-state index contributed by atoms with van der Waals surface area (Å²) in [7, 11) is 0. The molecule has 1 fully saturated rings. The molecular weight excluding hydrogens is 242 g/mol. The molecule has 0 radical (unpaired) electrons. The van der Waals surface area contributed by atoms with Crippen molar-refractivity contribution in [3.63, 3.8) is 0 Å². The second-order valence-corrected chi connectivity index (χ2v) is 5.28. The van der Waals surface area contributed by atoms with E-state index in [1.54, 1.807) is 0 Å². The largest absolute Gasteiger partial charge is 0.466 e. The second kappa shape index (κ2) is 9.10. The van der Waals surface area contributed by atoms with Crippen molar-refractivity contribution in [2.45, 2.75) is 45.6 Å². The van der Waals surface area contributed by atoms with Crippen LogP contribution in [0.4, 0.5) is 0 Å². The average molecular weight is 269 g/mol. The number of nitrogens with one attached hydrogen (secondary N) is 1. The minimum atomic E-state index is -0.0347. The number of hydrogen-bond acceptors (Lipinski definition) is 4. The van der Waals surface area contributed by atoms with Crippen LogP contribution in [-0.2, 0) is 14.3 Å². The minimum absolute atomic E-state index is 0.0347. The van der Waals surface area contributed by atoms with E-state index in [0.29, 0.717) is 25.9 Å². The zero-order valence-corrected chi connectivity index (χ0v) is 12.2.